The van der Waals surface area contributed by atoms with Gasteiger partial charge >= 0.3 is 0 Å². The zero-order chi connectivity index (χ0) is 9.14. The van der Waals surface area contributed by atoms with Crippen LogP contribution in [0.2, 0.25) is 0 Å². The molecule has 1 aromatic rings. The Kier molecular flexibility index (Phi) is 2.92. The number of hydrogen-bond acceptors (Lipinski definition) is 3. The van der Waals surface area contributed by atoms with Gasteiger partial charge in [-0.15, -0.1) is 0 Å². The van der Waals surface area contributed by atoms with Crippen molar-refractivity contribution in [2.45, 2.75) is 20.0 Å². The van der Waals surface area contributed by atoms with Crippen LogP contribution in [0.25, 0.3) is 0 Å². The van der Waals surface area contributed by atoms with Crippen LogP contribution in [0.15, 0.2) is 16.7 Å². The van der Waals surface area contributed by atoms with Crippen molar-refractivity contribution in [3.05, 3.63) is 16.7 Å². The highest BCUT2D eigenvalue weighted by atomic mass is 79.9. The van der Waals surface area contributed by atoms with Gasteiger partial charge in [0.1, 0.15) is 16.2 Å². The Morgan fingerprint density at radius 3 is 2.67 bits per heavy atom. The number of hydrogen-bond donors (Lipinski definition) is 1. The number of nitrogens with two attached hydrogens (primary N) is 1. The molecule has 12 heavy (non-hydrogen) atoms. The molecule has 0 unspecified atom stereocenters. The van der Waals surface area contributed by atoms with Gasteiger partial charge in [0.15, 0.2) is 0 Å². The van der Waals surface area contributed by atoms with E-state index in [0.717, 1.165) is 5.75 Å². The molecule has 0 saturated heterocycles. The van der Waals surface area contributed by atoms with Crippen LogP contribution >= 0.6 is 15.9 Å². The molecule has 0 atom stereocenters. The summed E-state index contributed by atoms with van der Waals surface area (Å²) in [5.74, 6) is 1.20. The number of nitrogens with zero attached hydrogens (tertiary/aromatic N) is 1. The fraction of sp³-hybridized carbons (Fsp3) is 0.375. The van der Waals surface area contributed by atoms with Crippen LogP contribution in [0.5, 0.6) is 5.75 Å². The van der Waals surface area contributed by atoms with E-state index in [4.69, 9.17) is 10.5 Å². The van der Waals surface area contributed by atoms with E-state index >= 15 is 0 Å². The van der Waals surface area contributed by atoms with Crippen molar-refractivity contribution in [1.82, 2.24) is 4.98 Å². The second-order valence-corrected chi connectivity index (χ2v) is 3.53. The van der Waals surface area contributed by atoms with E-state index < -0.39 is 0 Å². The van der Waals surface area contributed by atoms with Crippen molar-refractivity contribution in [3.63, 3.8) is 0 Å². The van der Waals surface area contributed by atoms with E-state index in [2.05, 4.69) is 20.9 Å². The van der Waals surface area contributed by atoms with E-state index in [-0.39, 0.29) is 6.10 Å². The molecule has 1 heterocycles. The predicted octanol–water partition coefficient (Wildman–Crippen LogP) is 2.21. The summed E-state index contributed by atoms with van der Waals surface area (Å²) in [4.78, 5) is 3.96. The van der Waals surface area contributed by atoms with Crippen LogP contribution in [0, 0.1) is 0 Å². The molecule has 0 saturated carbocycles. The molecule has 0 aliphatic carbocycles. The fourth-order valence-electron chi connectivity index (χ4n) is 0.833. The molecule has 0 bridgehead atoms. The van der Waals surface area contributed by atoms with Gasteiger partial charge in [-0.1, -0.05) is 0 Å². The normalized spacial score (nSPS) is 10.3. The van der Waals surface area contributed by atoms with E-state index in [1.807, 2.05) is 13.8 Å². The number of pyridine rings is 1. The van der Waals surface area contributed by atoms with Crippen molar-refractivity contribution in [3.8, 4) is 5.75 Å². The quantitative estimate of drug-likeness (QED) is 0.794. The molecule has 66 valence electrons. The van der Waals surface area contributed by atoms with Crippen molar-refractivity contribution in [1.29, 1.82) is 0 Å². The molecule has 4 heteroatoms. The van der Waals surface area contributed by atoms with Crippen LogP contribution in [-0.4, -0.2) is 11.1 Å². The van der Waals surface area contributed by atoms with Crippen molar-refractivity contribution < 1.29 is 4.74 Å². The molecule has 0 aliphatic rings. The Bertz CT molecular complexity index is 256. The van der Waals surface area contributed by atoms with E-state index in [0.29, 0.717) is 10.4 Å². The van der Waals surface area contributed by atoms with Crippen molar-refractivity contribution >= 4 is 21.7 Å². The first kappa shape index (κ1) is 9.32. The summed E-state index contributed by atoms with van der Waals surface area (Å²) >= 11 is 3.23. The lowest BCUT2D eigenvalue weighted by Crippen LogP contribution is -2.06. The number of nitrogen functional groups attached to an aromatic ring is 1. The van der Waals surface area contributed by atoms with Crippen molar-refractivity contribution in [2.24, 2.45) is 0 Å². The van der Waals surface area contributed by atoms with Gasteiger partial charge in [-0.05, 0) is 29.8 Å². The molecule has 0 amide bonds. The summed E-state index contributed by atoms with van der Waals surface area (Å²) in [6, 6.07) is 3.49. The van der Waals surface area contributed by atoms with E-state index in [9.17, 15) is 0 Å². The third-order valence-corrected chi connectivity index (χ3v) is 1.57. The summed E-state index contributed by atoms with van der Waals surface area (Å²) in [6.07, 6.45) is 0.152. The molecule has 0 fully saturated rings. The molecule has 0 aromatic carbocycles. The summed E-state index contributed by atoms with van der Waals surface area (Å²) < 4.78 is 6.12. The summed E-state index contributed by atoms with van der Waals surface area (Å²) in [5.41, 5.74) is 5.51. The van der Waals surface area contributed by atoms with Gasteiger partial charge in [0.05, 0.1) is 6.10 Å². The highest BCUT2D eigenvalue weighted by Crippen LogP contribution is 2.20. The number of rotatable bonds is 2. The molecule has 0 radical (unpaired) electrons. The van der Waals surface area contributed by atoms with Crippen LogP contribution in [0.1, 0.15) is 13.8 Å². The molecule has 1 rings (SSSR count). The Morgan fingerprint density at radius 2 is 2.17 bits per heavy atom. The monoisotopic (exact) mass is 230 g/mol. The molecule has 3 nitrogen and oxygen atoms in total. The minimum Gasteiger partial charge on any atom is -0.491 e. The maximum Gasteiger partial charge on any atom is 0.128 e. The minimum absolute atomic E-state index is 0.152. The smallest absolute Gasteiger partial charge is 0.128 e. The Labute approximate surface area is 80.1 Å². The average Bonchev–Trinajstić information content (AvgIpc) is 1.81. The van der Waals surface area contributed by atoms with Gasteiger partial charge in [0.25, 0.3) is 0 Å². The third-order valence-electron chi connectivity index (χ3n) is 1.16. The molecule has 0 spiro atoms. The number of ether oxygens (including phenoxy) is 1. The molecule has 2 N–H and O–H groups in total. The van der Waals surface area contributed by atoms with Gasteiger partial charge in [-0.3, -0.25) is 0 Å². The molecular formula is C8H11BrN2O. The Morgan fingerprint density at radius 1 is 1.50 bits per heavy atom. The van der Waals surface area contributed by atoms with Gasteiger partial charge < -0.3 is 10.5 Å². The highest BCUT2D eigenvalue weighted by molar-refractivity contribution is 9.10. The first-order chi connectivity index (χ1) is 5.58. The standard InChI is InChI=1S/C8H11BrN2O/c1-5(2)12-6-3-7(9)11-8(10)4-6/h3-5H,1-2H3,(H2,10,11). The second-order valence-electron chi connectivity index (χ2n) is 2.72. The van der Waals surface area contributed by atoms with Gasteiger partial charge in [0, 0.05) is 12.1 Å². The average molecular weight is 231 g/mol. The zero-order valence-electron chi connectivity index (χ0n) is 7.04. The molecule has 1 aromatic heterocycles. The first-order valence-electron chi connectivity index (χ1n) is 3.67. The summed E-state index contributed by atoms with van der Waals surface area (Å²) in [5, 5.41) is 0. The first-order valence-corrected chi connectivity index (χ1v) is 4.47. The summed E-state index contributed by atoms with van der Waals surface area (Å²) in [6.45, 7) is 3.93. The second kappa shape index (κ2) is 3.76. The van der Waals surface area contributed by atoms with Crippen LogP contribution in [-0.2, 0) is 0 Å². The SMILES string of the molecule is CC(C)Oc1cc(N)nc(Br)c1. The minimum atomic E-state index is 0.152. The van der Waals surface area contributed by atoms with Crippen LogP contribution in [0.4, 0.5) is 5.82 Å². The largest absolute Gasteiger partial charge is 0.491 e. The number of aromatic nitrogens is 1. The van der Waals surface area contributed by atoms with Crippen LogP contribution < -0.4 is 10.5 Å². The Hall–Kier alpha value is -0.770. The van der Waals surface area contributed by atoms with Gasteiger partial charge in [-0.25, -0.2) is 4.98 Å². The maximum absolute atomic E-state index is 5.51. The Balaban J connectivity index is 2.85. The third kappa shape index (κ3) is 2.70. The van der Waals surface area contributed by atoms with Gasteiger partial charge in [-0.2, -0.15) is 0 Å². The predicted molar refractivity (Wildman–Crippen MR) is 52.1 cm³/mol. The lowest BCUT2D eigenvalue weighted by molar-refractivity contribution is 0.242. The topological polar surface area (TPSA) is 48.1 Å². The highest BCUT2D eigenvalue weighted by Gasteiger charge is 2.00. The van der Waals surface area contributed by atoms with E-state index in [1.54, 1.807) is 12.1 Å². The van der Waals surface area contributed by atoms with E-state index in [1.165, 1.54) is 0 Å². The lowest BCUT2D eigenvalue weighted by Gasteiger charge is -2.09. The lowest BCUT2D eigenvalue weighted by atomic mass is 10.4. The van der Waals surface area contributed by atoms with Crippen LogP contribution in [0.3, 0.4) is 0 Å². The molecular weight excluding hydrogens is 220 g/mol. The number of anilines is 1. The zero-order valence-corrected chi connectivity index (χ0v) is 8.63. The van der Waals surface area contributed by atoms with Gasteiger partial charge in [0.2, 0.25) is 0 Å². The fourth-order valence-corrected chi connectivity index (χ4v) is 1.26. The summed E-state index contributed by atoms with van der Waals surface area (Å²) in [7, 11) is 0. The number of halogens is 1. The maximum atomic E-state index is 5.51. The molecule has 0 aliphatic heterocycles. The van der Waals surface area contributed by atoms with Crippen molar-refractivity contribution in [2.75, 3.05) is 5.73 Å².